The van der Waals surface area contributed by atoms with Crippen LogP contribution < -0.4 is 0 Å². The van der Waals surface area contributed by atoms with E-state index in [9.17, 15) is 0 Å². The molecule has 1 atom stereocenters. The molecule has 86 valence electrons. The van der Waals surface area contributed by atoms with Crippen molar-refractivity contribution in [3.05, 3.63) is 60.2 Å². The van der Waals surface area contributed by atoms with Crippen LogP contribution in [-0.2, 0) is 11.2 Å². The summed E-state index contributed by atoms with van der Waals surface area (Å²) in [6, 6.07) is 19.4. The molecule has 0 saturated carbocycles. The van der Waals surface area contributed by atoms with Gasteiger partial charge >= 0.3 is 0 Å². The van der Waals surface area contributed by atoms with E-state index in [1.165, 1.54) is 16.7 Å². The summed E-state index contributed by atoms with van der Waals surface area (Å²) in [5.74, 6) is 0. The molecular formula is C16H16O. The molecular weight excluding hydrogens is 208 g/mol. The minimum absolute atomic E-state index is 0.531. The minimum atomic E-state index is 0.531. The molecule has 1 unspecified atom stereocenters. The average molecular weight is 224 g/mol. The van der Waals surface area contributed by atoms with Gasteiger partial charge in [0.1, 0.15) is 0 Å². The van der Waals surface area contributed by atoms with Crippen LogP contribution in [0.5, 0.6) is 0 Å². The molecule has 1 aliphatic heterocycles. The maximum absolute atomic E-state index is 5.22. The first kappa shape index (κ1) is 10.5. The number of epoxide rings is 1. The standard InChI is InChI=1S/C16H16O/c1-2-4-14(5-3-1)15-9-6-13(7-10-15)8-11-16-12-17-16/h1-7,9-10,16H,8,11-12H2. The van der Waals surface area contributed by atoms with Crippen molar-refractivity contribution in [1.82, 2.24) is 0 Å². The molecule has 1 nitrogen and oxygen atoms in total. The number of rotatable bonds is 4. The van der Waals surface area contributed by atoms with Crippen molar-refractivity contribution < 1.29 is 4.74 Å². The first-order valence-corrected chi connectivity index (χ1v) is 6.18. The Kier molecular flexibility index (Phi) is 2.93. The highest BCUT2D eigenvalue weighted by Crippen LogP contribution is 2.21. The van der Waals surface area contributed by atoms with Crippen molar-refractivity contribution >= 4 is 0 Å². The second kappa shape index (κ2) is 4.72. The quantitative estimate of drug-likeness (QED) is 0.722. The van der Waals surface area contributed by atoms with Crippen LogP contribution in [0.2, 0.25) is 0 Å². The van der Waals surface area contributed by atoms with Crippen LogP contribution in [0, 0.1) is 0 Å². The molecule has 2 aromatic carbocycles. The van der Waals surface area contributed by atoms with Crippen LogP contribution in [0.25, 0.3) is 11.1 Å². The molecule has 17 heavy (non-hydrogen) atoms. The number of aryl methyl sites for hydroxylation is 1. The monoisotopic (exact) mass is 224 g/mol. The zero-order valence-electron chi connectivity index (χ0n) is 9.80. The van der Waals surface area contributed by atoms with Crippen molar-refractivity contribution in [2.24, 2.45) is 0 Å². The van der Waals surface area contributed by atoms with Gasteiger partial charge in [-0.15, -0.1) is 0 Å². The van der Waals surface area contributed by atoms with E-state index < -0.39 is 0 Å². The summed E-state index contributed by atoms with van der Waals surface area (Å²) in [4.78, 5) is 0. The molecule has 1 saturated heterocycles. The Balaban J connectivity index is 1.70. The Morgan fingerprint density at radius 1 is 0.882 bits per heavy atom. The second-order valence-corrected chi connectivity index (χ2v) is 4.56. The van der Waals surface area contributed by atoms with E-state index in [0.29, 0.717) is 6.10 Å². The van der Waals surface area contributed by atoms with Crippen LogP contribution in [0.4, 0.5) is 0 Å². The third-order valence-corrected chi connectivity index (χ3v) is 3.22. The topological polar surface area (TPSA) is 12.5 Å². The van der Waals surface area contributed by atoms with E-state index in [1.54, 1.807) is 0 Å². The molecule has 1 heterocycles. The molecule has 0 radical (unpaired) electrons. The lowest BCUT2D eigenvalue weighted by atomic mass is 10.0. The highest BCUT2D eigenvalue weighted by atomic mass is 16.6. The minimum Gasteiger partial charge on any atom is -0.373 e. The lowest BCUT2D eigenvalue weighted by Gasteiger charge is -2.03. The van der Waals surface area contributed by atoms with Crippen LogP contribution in [0.1, 0.15) is 12.0 Å². The molecule has 0 amide bonds. The maximum atomic E-state index is 5.22. The van der Waals surface area contributed by atoms with Crippen LogP contribution in [0.15, 0.2) is 54.6 Å². The van der Waals surface area contributed by atoms with Gasteiger partial charge in [-0.3, -0.25) is 0 Å². The zero-order valence-corrected chi connectivity index (χ0v) is 9.80. The number of ether oxygens (including phenoxy) is 1. The van der Waals surface area contributed by atoms with E-state index >= 15 is 0 Å². The van der Waals surface area contributed by atoms with Gasteiger partial charge in [0, 0.05) is 0 Å². The lowest BCUT2D eigenvalue weighted by molar-refractivity contribution is 0.397. The molecule has 0 aliphatic carbocycles. The molecule has 1 fully saturated rings. The summed E-state index contributed by atoms with van der Waals surface area (Å²) >= 11 is 0. The van der Waals surface area contributed by atoms with Crippen molar-refractivity contribution in [3.8, 4) is 11.1 Å². The van der Waals surface area contributed by atoms with Crippen LogP contribution >= 0.6 is 0 Å². The third kappa shape index (κ3) is 2.75. The summed E-state index contributed by atoms with van der Waals surface area (Å²) in [6.45, 7) is 0.960. The molecule has 1 aliphatic rings. The van der Waals surface area contributed by atoms with Gasteiger partial charge in [-0.1, -0.05) is 54.6 Å². The SMILES string of the molecule is c1ccc(-c2ccc(CCC3CO3)cc2)cc1. The highest BCUT2D eigenvalue weighted by Gasteiger charge is 2.21. The van der Waals surface area contributed by atoms with Gasteiger partial charge in [0.15, 0.2) is 0 Å². The second-order valence-electron chi connectivity index (χ2n) is 4.56. The van der Waals surface area contributed by atoms with Crippen molar-refractivity contribution in [2.45, 2.75) is 18.9 Å². The van der Waals surface area contributed by atoms with Crippen LogP contribution in [-0.4, -0.2) is 12.7 Å². The number of hydrogen-bond donors (Lipinski definition) is 0. The third-order valence-electron chi connectivity index (χ3n) is 3.22. The molecule has 0 aromatic heterocycles. The van der Waals surface area contributed by atoms with Crippen molar-refractivity contribution in [3.63, 3.8) is 0 Å². The Morgan fingerprint density at radius 3 is 2.18 bits per heavy atom. The summed E-state index contributed by atoms with van der Waals surface area (Å²) in [5.41, 5.74) is 3.97. The van der Waals surface area contributed by atoms with Gasteiger partial charge in [0.25, 0.3) is 0 Å². The van der Waals surface area contributed by atoms with Crippen LogP contribution in [0.3, 0.4) is 0 Å². The Labute approximate surface area is 102 Å². The fourth-order valence-electron chi connectivity index (χ4n) is 2.06. The lowest BCUT2D eigenvalue weighted by Crippen LogP contribution is -1.90. The van der Waals surface area contributed by atoms with E-state index in [2.05, 4.69) is 48.5 Å². The van der Waals surface area contributed by atoms with Crippen molar-refractivity contribution in [2.75, 3.05) is 6.61 Å². The number of hydrogen-bond acceptors (Lipinski definition) is 1. The molecule has 0 N–H and O–H groups in total. The molecule has 0 bridgehead atoms. The van der Waals surface area contributed by atoms with E-state index in [1.807, 2.05) is 6.07 Å². The molecule has 0 spiro atoms. The Morgan fingerprint density at radius 2 is 1.53 bits per heavy atom. The van der Waals surface area contributed by atoms with Gasteiger partial charge in [0.05, 0.1) is 12.7 Å². The molecule has 3 rings (SSSR count). The normalized spacial score (nSPS) is 18.0. The average Bonchev–Trinajstić information content (AvgIpc) is 3.22. The van der Waals surface area contributed by atoms with Crippen molar-refractivity contribution in [1.29, 1.82) is 0 Å². The van der Waals surface area contributed by atoms with Gasteiger partial charge < -0.3 is 4.74 Å². The van der Waals surface area contributed by atoms with E-state index in [4.69, 9.17) is 4.74 Å². The highest BCUT2D eigenvalue weighted by molar-refractivity contribution is 5.63. The maximum Gasteiger partial charge on any atom is 0.0813 e. The molecule has 2 aromatic rings. The smallest absolute Gasteiger partial charge is 0.0813 e. The predicted octanol–water partition coefficient (Wildman–Crippen LogP) is 3.69. The zero-order chi connectivity index (χ0) is 11.5. The number of benzene rings is 2. The predicted molar refractivity (Wildman–Crippen MR) is 69.9 cm³/mol. The van der Waals surface area contributed by atoms with Gasteiger partial charge in [0.2, 0.25) is 0 Å². The van der Waals surface area contributed by atoms with Gasteiger partial charge in [-0.2, -0.15) is 0 Å². The first-order valence-electron chi connectivity index (χ1n) is 6.18. The van der Waals surface area contributed by atoms with Gasteiger partial charge in [-0.05, 0) is 29.5 Å². The van der Waals surface area contributed by atoms with E-state index in [-0.39, 0.29) is 0 Å². The van der Waals surface area contributed by atoms with Gasteiger partial charge in [-0.25, -0.2) is 0 Å². The largest absolute Gasteiger partial charge is 0.373 e. The first-order chi connectivity index (χ1) is 8.42. The fourth-order valence-corrected chi connectivity index (χ4v) is 2.06. The summed E-state index contributed by atoms with van der Waals surface area (Å²) in [5, 5.41) is 0. The molecule has 1 heteroatoms. The summed E-state index contributed by atoms with van der Waals surface area (Å²) < 4.78 is 5.22. The Bertz CT molecular complexity index is 469. The van der Waals surface area contributed by atoms with E-state index in [0.717, 1.165) is 19.4 Å². The summed E-state index contributed by atoms with van der Waals surface area (Å²) in [7, 11) is 0. The fraction of sp³-hybridized carbons (Fsp3) is 0.250. The summed E-state index contributed by atoms with van der Waals surface area (Å²) in [6.07, 6.45) is 2.81. The Hall–Kier alpha value is -1.60.